The molecule has 3 aromatic rings. The Bertz CT molecular complexity index is 1120. The van der Waals surface area contributed by atoms with E-state index < -0.39 is 0 Å². The number of thioether (sulfide) groups is 1. The number of benzene rings is 1. The highest BCUT2D eigenvalue weighted by atomic mass is 32.2. The van der Waals surface area contributed by atoms with Gasteiger partial charge < -0.3 is 14.5 Å². The number of amidine groups is 1. The molecule has 33 heavy (non-hydrogen) atoms. The van der Waals surface area contributed by atoms with E-state index in [2.05, 4.69) is 42.0 Å². The Morgan fingerprint density at radius 3 is 2.88 bits per heavy atom. The normalized spacial score (nSPS) is 20.9. The standard InChI is InChI=1S/C26H30N4O2S/c1-26(2,3)19-7-4-5-9-22(19)32-24-21(8-6-12-27-24)29-25-28-20-10-13-30(16-23(20)33-25)15-18-11-14-31-17-18/h4-9,11-12,14,17,20,23H,10,13,15-16H2,1-3H3,(H,28,29). The summed E-state index contributed by atoms with van der Waals surface area (Å²) in [6.45, 7) is 9.56. The quantitative estimate of drug-likeness (QED) is 0.508. The first-order valence-electron chi connectivity index (χ1n) is 11.4. The van der Waals surface area contributed by atoms with Gasteiger partial charge in [0.15, 0.2) is 5.17 Å². The highest BCUT2D eigenvalue weighted by Crippen LogP contribution is 2.38. The fourth-order valence-corrected chi connectivity index (χ4v) is 5.66. The number of aliphatic imine (C=N–C) groups is 1. The maximum Gasteiger partial charge on any atom is 0.243 e. The fourth-order valence-electron chi connectivity index (χ4n) is 4.36. The topological polar surface area (TPSA) is 62.9 Å². The molecule has 172 valence electrons. The first kappa shape index (κ1) is 22.0. The number of furan rings is 1. The molecule has 2 unspecified atom stereocenters. The van der Waals surface area contributed by atoms with Crippen molar-refractivity contribution in [2.24, 2.45) is 4.99 Å². The number of piperidine rings is 1. The summed E-state index contributed by atoms with van der Waals surface area (Å²) >= 11 is 1.82. The van der Waals surface area contributed by atoms with Crippen LogP contribution in [0.1, 0.15) is 38.3 Å². The Kier molecular flexibility index (Phi) is 6.17. The number of nitrogens with zero attached hydrogens (tertiary/aromatic N) is 3. The Morgan fingerprint density at radius 1 is 1.18 bits per heavy atom. The van der Waals surface area contributed by atoms with Gasteiger partial charge in [-0.3, -0.25) is 9.89 Å². The molecule has 0 aliphatic carbocycles. The minimum absolute atomic E-state index is 0.0254. The summed E-state index contributed by atoms with van der Waals surface area (Å²) in [6.07, 6.45) is 6.40. The highest BCUT2D eigenvalue weighted by Gasteiger charge is 2.35. The maximum atomic E-state index is 6.32. The summed E-state index contributed by atoms with van der Waals surface area (Å²) < 4.78 is 11.5. The first-order valence-corrected chi connectivity index (χ1v) is 12.3. The van der Waals surface area contributed by atoms with Gasteiger partial charge in [0.05, 0.1) is 18.6 Å². The number of aromatic nitrogens is 1. The number of likely N-dealkylation sites (tertiary alicyclic amines) is 1. The smallest absolute Gasteiger partial charge is 0.243 e. The summed E-state index contributed by atoms with van der Waals surface area (Å²) in [5, 5.41) is 4.89. The molecule has 0 saturated carbocycles. The molecule has 1 saturated heterocycles. The molecule has 4 heterocycles. The average molecular weight is 463 g/mol. The molecule has 6 nitrogen and oxygen atoms in total. The molecule has 1 N–H and O–H groups in total. The molecule has 2 aromatic heterocycles. The summed E-state index contributed by atoms with van der Waals surface area (Å²) in [4.78, 5) is 12.0. The molecule has 2 aliphatic rings. The number of rotatable bonds is 5. The summed E-state index contributed by atoms with van der Waals surface area (Å²) in [7, 11) is 0. The molecule has 5 rings (SSSR count). The zero-order chi connectivity index (χ0) is 22.8. The van der Waals surface area contributed by atoms with Gasteiger partial charge in [-0.2, -0.15) is 0 Å². The van der Waals surface area contributed by atoms with Crippen molar-refractivity contribution in [1.29, 1.82) is 0 Å². The molecule has 2 aliphatic heterocycles. The van der Waals surface area contributed by atoms with E-state index in [0.717, 1.165) is 48.2 Å². The van der Waals surface area contributed by atoms with Crippen molar-refractivity contribution < 1.29 is 9.15 Å². The van der Waals surface area contributed by atoms with E-state index in [9.17, 15) is 0 Å². The minimum atomic E-state index is -0.0254. The van der Waals surface area contributed by atoms with Gasteiger partial charge in [-0.25, -0.2) is 4.98 Å². The number of hydrogen-bond donors (Lipinski definition) is 1. The number of ether oxygens (including phenoxy) is 1. The number of nitrogens with one attached hydrogen (secondary N) is 1. The van der Waals surface area contributed by atoms with Gasteiger partial charge in [0.2, 0.25) is 5.88 Å². The van der Waals surface area contributed by atoms with Crippen LogP contribution in [0.25, 0.3) is 0 Å². The molecular weight excluding hydrogens is 432 g/mol. The third-order valence-corrected chi connectivity index (χ3v) is 7.25. The molecule has 2 atom stereocenters. The second-order valence-electron chi connectivity index (χ2n) is 9.64. The van der Waals surface area contributed by atoms with E-state index in [4.69, 9.17) is 14.1 Å². The van der Waals surface area contributed by atoms with Crippen molar-refractivity contribution in [3.63, 3.8) is 0 Å². The molecule has 1 aromatic carbocycles. The average Bonchev–Trinajstić information content (AvgIpc) is 3.44. The molecule has 1 fully saturated rings. The van der Waals surface area contributed by atoms with Crippen LogP contribution < -0.4 is 10.1 Å². The monoisotopic (exact) mass is 462 g/mol. The van der Waals surface area contributed by atoms with Crippen molar-refractivity contribution >= 4 is 22.6 Å². The Morgan fingerprint density at radius 2 is 2.06 bits per heavy atom. The SMILES string of the molecule is CC(C)(C)c1ccccc1Oc1ncccc1NC1=NC2CCN(Cc3ccoc3)CC2S1. The Balaban J connectivity index is 1.27. The van der Waals surface area contributed by atoms with Crippen LogP contribution in [0.4, 0.5) is 5.69 Å². The van der Waals surface area contributed by atoms with Gasteiger partial charge in [0, 0.05) is 42.2 Å². The van der Waals surface area contributed by atoms with Gasteiger partial charge in [-0.15, -0.1) is 0 Å². The Labute approximate surface area is 199 Å². The van der Waals surface area contributed by atoms with Crippen molar-refractivity contribution in [2.75, 3.05) is 18.4 Å². The van der Waals surface area contributed by atoms with Gasteiger partial charge in [-0.1, -0.05) is 50.7 Å². The molecule has 7 heteroatoms. The number of pyridine rings is 1. The Hall–Kier alpha value is -2.77. The lowest BCUT2D eigenvalue weighted by Gasteiger charge is -2.32. The predicted molar refractivity (Wildman–Crippen MR) is 134 cm³/mol. The van der Waals surface area contributed by atoms with E-state index in [-0.39, 0.29) is 5.41 Å². The molecular formula is C26H30N4O2S. The van der Waals surface area contributed by atoms with Crippen molar-refractivity contribution in [1.82, 2.24) is 9.88 Å². The zero-order valence-corrected chi connectivity index (χ0v) is 20.1. The van der Waals surface area contributed by atoms with Gasteiger partial charge in [0.1, 0.15) is 11.4 Å². The van der Waals surface area contributed by atoms with E-state index >= 15 is 0 Å². The van der Waals surface area contributed by atoms with Gasteiger partial charge >= 0.3 is 0 Å². The number of para-hydroxylation sites is 1. The number of anilines is 1. The van der Waals surface area contributed by atoms with Crippen LogP contribution in [-0.2, 0) is 12.0 Å². The van der Waals surface area contributed by atoms with E-state index in [1.165, 1.54) is 5.56 Å². The zero-order valence-electron chi connectivity index (χ0n) is 19.3. The van der Waals surface area contributed by atoms with Crippen LogP contribution in [0.2, 0.25) is 0 Å². The lowest BCUT2D eigenvalue weighted by Crippen LogP contribution is -2.42. The lowest BCUT2D eigenvalue weighted by molar-refractivity contribution is 0.213. The highest BCUT2D eigenvalue weighted by molar-refractivity contribution is 8.15. The fraction of sp³-hybridized carbons (Fsp3) is 0.385. The van der Waals surface area contributed by atoms with Crippen LogP contribution >= 0.6 is 11.8 Å². The number of hydrogen-bond acceptors (Lipinski definition) is 7. The largest absolute Gasteiger partial charge is 0.472 e. The van der Waals surface area contributed by atoms with Gasteiger partial charge in [-0.05, 0) is 36.1 Å². The molecule has 0 bridgehead atoms. The van der Waals surface area contributed by atoms with E-state index in [1.54, 1.807) is 12.5 Å². The van der Waals surface area contributed by atoms with Crippen LogP contribution in [0, 0.1) is 0 Å². The van der Waals surface area contributed by atoms with Crippen molar-refractivity contribution in [3.05, 3.63) is 72.3 Å². The second kappa shape index (κ2) is 9.23. The molecule has 0 radical (unpaired) electrons. The second-order valence-corrected chi connectivity index (χ2v) is 10.9. The predicted octanol–water partition coefficient (Wildman–Crippen LogP) is 5.92. The van der Waals surface area contributed by atoms with E-state index in [1.807, 2.05) is 54.4 Å². The van der Waals surface area contributed by atoms with Crippen LogP contribution in [-0.4, -0.2) is 39.4 Å². The summed E-state index contributed by atoms with van der Waals surface area (Å²) in [6, 6.07) is 14.5. The third-order valence-electron chi connectivity index (χ3n) is 6.06. The molecule has 0 spiro atoms. The number of fused-ring (bicyclic) bond motifs is 1. The first-order chi connectivity index (χ1) is 16.0. The summed E-state index contributed by atoms with van der Waals surface area (Å²) in [5.41, 5.74) is 3.19. The van der Waals surface area contributed by atoms with Crippen molar-refractivity contribution in [2.45, 2.75) is 50.4 Å². The van der Waals surface area contributed by atoms with E-state index in [0.29, 0.717) is 17.2 Å². The maximum absolute atomic E-state index is 6.32. The summed E-state index contributed by atoms with van der Waals surface area (Å²) in [5.74, 6) is 1.39. The van der Waals surface area contributed by atoms with Crippen LogP contribution in [0.3, 0.4) is 0 Å². The lowest BCUT2D eigenvalue weighted by atomic mass is 9.86. The van der Waals surface area contributed by atoms with Gasteiger partial charge in [0.25, 0.3) is 0 Å². The van der Waals surface area contributed by atoms with Crippen molar-refractivity contribution in [3.8, 4) is 11.6 Å². The third kappa shape index (κ3) is 5.09. The van der Waals surface area contributed by atoms with Crippen LogP contribution in [0.5, 0.6) is 11.6 Å². The van der Waals surface area contributed by atoms with Crippen LogP contribution in [0.15, 0.2) is 70.6 Å². The minimum Gasteiger partial charge on any atom is -0.472 e. The molecule has 0 amide bonds.